The van der Waals surface area contributed by atoms with Crippen molar-refractivity contribution in [3.05, 3.63) is 24.2 Å². The van der Waals surface area contributed by atoms with Gasteiger partial charge in [-0.25, -0.2) is 0 Å². The molecule has 3 N–H and O–H groups in total. The van der Waals surface area contributed by atoms with Gasteiger partial charge in [-0.2, -0.15) is 0 Å². The molecule has 0 spiro atoms. The minimum Gasteiger partial charge on any atom is -0.469 e. The third kappa shape index (κ3) is 6.36. The normalized spacial score (nSPS) is 30.3. The van der Waals surface area contributed by atoms with Gasteiger partial charge >= 0.3 is 0 Å². The molecule has 11 heteroatoms. The molecule has 39 heavy (non-hydrogen) atoms. The number of ether oxygens (including phenoxy) is 2. The van der Waals surface area contributed by atoms with Crippen LogP contribution in [-0.4, -0.2) is 91.1 Å². The van der Waals surface area contributed by atoms with Gasteiger partial charge in [0.1, 0.15) is 22.9 Å². The van der Waals surface area contributed by atoms with E-state index in [1.165, 1.54) is 6.26 Å². The minimum absolute atomic E-state index is 0.122. The summed E-state index contributed by atoms with van der Waals surface area (Å²) in [4.78, 5) is 55.0. The van der Waals surface area contributed by atoms with Gasteiger partial charge in [0, 0.05) is 13.1 Å². The third-order valence-electron chi connectivity index (χ3n) is 8.60. The molecule has 11 nitrogen and oxygen atoms in total. The minimum atomic E-state index is -1.27. The summed E-state index contributed by atoms with van der Waals surface area (Å²) in [5.74, 6) is -0.683. The number of epoxide rings is 1. The molecule has 0 radical (unpaired) electrons. The first-order valence-corrected chi connectivity index (χ1v) is 14.1. The molecule has 5 rings (SSSR count). The third-order valence-corrected chi connectivity index (χ3v) is 8.60. The van der Waals surface area contributed by atoms with Crippen LogP contribution in [0.4, 0.5) is 0 Å². The van der Waals surface area contributed by atoms with E-state index < -0.39 is 35.0 Å². The first-order valence-electron chi connectivity index (χ1n) is 14.1. The number of nitrogens with one attached hydrogen (secondary N) is 3. The molecule has 1 aromatic heterocycles. The Morgan fingerprint density at radius 2 is 1.85 bits per heavy atom. The summed E-state index contributed by atoms with van der Waals surface area (Å²) in [6.45, 7) is 6.34. The zero-order valence-electron chi connectivity index (χ0n) is 22.8. The zero-order chi connectivity index (χ0) is 27.6. The van der Waals surface area contributed by atoms with Crippen LogP contribution in [0, 0.1) is 5.92 Å². The molecule has 2 saturated heterocycles. The second-order valence-corrected chi connectivity index (χ2v) is 11.7. The summed E-state index contributed by atoms with van der Waals surface area (Å²) in [5.41, 5.74) is -2.13. The van der Waals surface area contributed by atoms with Crippen LogP contribution in [0.2, 0.25) is 0 Å². The molecule has 1 aromatic rings. The number of carbonyl (C=O) groups excluding carboxylic acids is 4. The van der Waals surface area contributed by atoms with Crippen molar-refractivity contribution in [1.29, 1.82) is 0 Å². The fourth-order valence-electron chi connectivity index (χ4n) is 5.90. The molecule has 214 valence electrons. The average molecular weight is 545 g/mol. The molecule has 2 unspecified atom stereocenters. The fourth-order valence-corrected chi connectivity index (χ4v) is 5.90. The van der Waals surface area contributed by atoms with Crippen molar-refractivity contribution < 1.29 is 33.1 Å². The number of amides is 3. The number of ketones is 1. The van der Waals surface area contributed by atoms with Crippen molar-refractivity contribution >= 4 is 23.5 Å². The van der Waals surface area contributed by atoms with Crippen molar-refractivity contribution in [3.63, 3.8) is 0 Å². The SMILES string of the molecule is C[C@H](NC(=O)CN1CCOCC1)C(=O)NC1(C(=O)N[C@@H](CC2CCCC2)C(=O)[C@@]2(C)CO2)CC1c1ccco1. The predicted octanol–water partition coefficient (Wildman–Crippen LogP) is 0.882. The lowest BCUT2D eigenvalue weighted by Gasteiger charge is -2.28. The standard InChI is InChI=1S/C28H40N4O7/c1-18(29-23(33)16-32-9-12-37-13-10-32)25(35)31-28(15-20(28)22-8-5-11-38-22)26(36)30-21(14-19-6-3-4-7-19)24(34)27(2)17-39-27/h5,8,11,18-21H,3-4,6-7,9-10,12-17H2,1-2H3,(H,29,33)(H,30,36)(H,31,35)/t18-,20?,21-,27+,28?/m0/s1. The number of rotatable bonds is 12. The summed E-state index contributed by atoms with van der Waals surface area (Å²) in [6, 6.07) is 1.98. The van der Waals surface area contributed by atoms with E-state index in [-0.39, 0.29) is 24.2 Å². The Morgan fingerprint density at radius 1 is 1.13 bits per heavy atom. The first kappa shape index (κ1) is 27.8. The van der Waals surface area contributed by atoms with Gasteiger partial charge in [0.2, 0.25) is 17.7 Å². The van der Waals surface area contributed by atoms with Gasteiger partial charge in [-0.1, -0.05) is 25.7 Å². The van der Waals surface area contributed by atoms with Crippen LogP contribution in [0.25, 0.3) is 0 Å². The van der Waals surface area contributed by atoms with Gasteiger partial charge < -0.3 is 29.8 Å². The summed E-state index contributed by atoms with van der Waals surface area (Å²) in [6.07, 6.45) is 6.76. The second kappa shape index (κ2) is 11.4. The average Bonchev–Trinajstić information content (AvgIpc) is 3.64. The Labute approximate surface area is 228 Å². The zero-order valence-corrected chi connectivity index (χ0v) is 22.8. The van der Waals surface area contributed by atoms with Crippen LogP contribution in [0.15, 0.2) is 22.8 Å². The van der Waals surface area contributed by atoms with Crippen LogP contribution >= 0.6 is 0 Å². The first-order chi connectivity index (χ1) is 18.7. The van der Waals surface area contributed by atoms with Gasteiger partial charge in [-0.05, 0) is 44.7 Å². The van der Waals surface area contributed by atoms with Crippen LogP contribution < -0.4 is 16.0 Å². The van der Waals surface area contributed by atoms with Crippen molar-refractivity contribution in [3.8, 4) is 0 Å². The molecule has 5 atom stereocenters. The highest BCUT2D eigenvalue weighted by Crippen LogP contribution is 2.52. The predicted molar refractivity (Wildman–Crippen MR) is 140 cm³/mol. The number of morpholine rings is 1. The Kier molecular flexibility index (Phi) is 8.11. The maximum absolute atomic E-state index is 13.8. The quantitative estimate of drug-likeness (QED) is 0.329. The largest absolute Gasteiger partial charge is 0.469 e. The van der Waals surface area contributed by atoms with Gasteiger partial charge in [0.15, 0.2) is 5.78 Å². The smallest absolute Gasteiger partial charge is 0.247 e. The van der Waals surface area contributed by atoms with E-state index in [4.69, 9.17) is 13.9 Å². The molecular weight excluding hydrogens is 504 g/mol. The lowest BCUT2D eigenvalue weighted by atomic mass is 9.90. The molecular formula is C28H40N4O7. The molecule has 3 heterocycles. The monoisotopic (exact) mass is 544 g/mol. The lowest BCUT2D eigenvalue weighted by molar-refractivity contribution is -0.135. The molecule has 4 aliphatic rings. The lowest BCUT2D eigenvalue weighted by Crippen LogP contribution is -2.58. The van der Waals surface area contributed by atoms with Crippen molar-refractivity contribution in [2.45, 2.75) is 81.5 Å². The Morgan fingerprint density at radius 3 is 2.49 bits per heavy atom. The number of hydrogen-bond donors (Lipinski definition) is 3. The molecule has 3 amide bonds. The molecule has 0 bridgehead atoms. The van der Waals surface area contributed by atoms with E-state index in [2.05, 4.69) is 16.0 Å². The van der Waals surface area contributed by atoms with Gasteiger partial charge in [0.05, 0.1) is 44.6 Å². The summed E-state index contributed by atoms with van der Waals surface area (Å²) in [5, 5.41) is 8.64. The molecule has 4 fully saturated rings. The number of Topliss-reactive ketones (excluding diaryl/α,β-unsaturated/α-hetero) is 1. The van der Waals surface area contributed by atoms with Crippen LogP contribution in [0.3, 0.4) is 0 Å². The van der Waals surface area contributed by atoms with E-state index in [9.17, 15) is 19.2 Å². The highest BCUT2D eigenvalue weighted by molar-refractivity contribution is 6.02. The summed E-state index contributed by atoms with van der Waals surface area (Å²) in [7, 11) is 0. The highest BCUT2D eigenvalue weighted by atomic mass is 16.6. The van der Waals surface area contributed by atoms with E-state index in [1.54, 1.807) is 26.0 Å². The maximum Gasteiger partial charge on any atom is 0.247 e. The van der Waals surface area contributed by atoms with Gasteiger partial charge in [-0.15, -0.1) is 0 Å². The Balaban J connectivity index is 1.26. The van der Waals surface area contributed by atoms with Crippen LogP contribution in [-0.2, 0) is 28.7 Å². The fraction of sp³-hybridized carbons (Fsp3) is 0.714. The van der Waals surface area contributed by atoms with Gasteiger partial charge in [-0.3, -0.25) is 24.1 Å². The van der Waals surface area contributed by atoms with Crippen LogP contribution in [0.5, 0.6) is 0 Å². The Bertz CT molecular complexity index is 1060. The number of furan rings is 1. The van der Waals surface area contributed by atoms with Crippen molar-refractivity contribution in [2.24, 2.45) is 5.92 Å². The molecule has 2 aliphatic heterocycles. The van der Waals surface area contributed by atoms with E-state index in [1.807, 2.05) is 4.90 Å². The highest BCUT2D eigenvalue weighted by Gasteiger charge is 2.64. The van der Waals surface area contributed by atoms with Crippen LogP contribution in [0.1, 0.15) is 64.1 Å². The van der Waals surface area contributed by atoms with E-state index >= 15 is 0 Å². The molecule has 2 saturated carbocycles. The number of carbonyl (C=O) groups is 4. The van der Waals surface area contributed by atoms with Crippen molar-refractivity contribution in [1.82, 2.24) is 20.9 Å². The molecule has 0 aromatic carbocycles. The summed E-state index contributed by atoms with van der Waals surface area (Å²) >= 11 is 0. The maximum atomic E-state index is 13.8. The molecule has 2 aliphatic carbocycles. The van der Waals surface area contributed by atoms with E-state index in [0.717, 1.165) is 25.7 Å². The number of hydrogen-bond acceptors (Lipinski definition) is 8. The topological polar surface area (TPSA) is 143 Å². The second-order valence-electron chi connectivity index (χ2n) is 11.7. The van der Waals surface area contributed by atoms with Crippen molar-refractivity contribution in [2.75, 3.05) is 39.5 Å². The van der Waals surface area contributed by atoms with Gasteiger partial charge in [0.25, 0.3) is 0 Å². The number of nitrogens with zero attached hydrogens (tertiary/aromatic N) is 1. The van der Waals surface area contributed by atoms with E-state index in [0.29, 0.717) is 57.4 Å². The summed E-state index contributed by atoms with van der Waals surface area (Å²) < 4.78 is 16.3. The Hall–Kier alpha value is -2.76.